The molecule has 0 saturated heterocycles. The van der Waals surface area contributed by atoms with Gasteiger partial charge in [-0.25, -0.2) is 0 Å². The Morgan fingerprint density at radius 2 is 1.63 bits per heavy atom. The van der Waals surface area contributed by atoms with Crippen molar-refractivity contribution in [3.8, 4) is 0 Å². The van der Waals surface area contributed by atoms with E-state index in [1.165, 1.54) is 24.4 Å². The van der Waals surface area contributed by atoms with E-state index >= 15 is 0 Å². The molecule has 0 aromatic heterocycles. The molecule has 0 heterocycles. The molecule has 19 heavy (non-hydrogen) atoms. The van der Waals surface area contributed by atoms with Gasteiger partial charge in [0.1, 0.15) is 0 Å². The van der Waals surface area contributed by atoms with Crippen LogP contribution in [0.1, 0.15) is 11.1 Å². The number of hydrogen-bond donors (Lipinski definition) is 0. The van der Waals surface area contributed by atoms with Gasteiger partial charge in [0.15, 0.2) is 0 Å². The van der Waals surface area contributed by atoms with Crippen LogP contribution in [-0.4, -0.2) is 6.21 Å². The van der Waals surface area contributed by atoms with Crippen molar-refractivity contribution < 1.29 is 13.2 Å². The lowest BCUT2D eigenvalue weighted by atomic mass is 10.1. The minimum Gasteiger partial charge on any atom is -0.256 e. The van der Waals surface area contributed by atoms with E-state index in [4.69, 9.17) is 11.6 Å². The maximum atomic E-state index is 12.9. The van der Waals surface area contributed by atoms with Gasteiger partial charge in [0.05, 0.1) is 16.3 Å². The fourth-order valence-corrected chi connectivity index (χ4v) is 1.89. The van der Waals surface area contributed by atoms with E-state index in [-0.39, 0.29) is 10.6 Å². The maximum Gasteiger partial charge on any atom is 0.418 e. The van der Waals surface area contributed by atoms with Gasteiger partial charge < -0.3 is 0 Å². The summed E-state index contributed by atoms with van der Waals surface area (Å²) in [6, 6.07) is 12.7. The van der Waals surface area contributed by atoms with Crippen LogP contribution in [0, 0.1) is 0 Å². The zero-order valence-corrected chi connectivity index (χ0v) is 10.4. The minimum atomic E-state index is -4.50. The predicted octanol–water partition coefficient (Wildman–Crippen LogP) is 5.11. The van der Waals surface area contributed by atoms with Crippen molar-refractivity contribution in [3.63, 3.8) is 0 Å². The van der Waals surface area contributed by atoms with Crippen LogP contribution in [0.4, 0.5) is 18.9 Å². The molecule has 2 aromatic carbocycles. The normalized spacial score (nSPS) is 12.0. The van der Waals surface area contributed by atoms with E-state index in [1.807, 2.05) is 0 Å². The Bertz CT molecular complexity index is 591. The summed E-state index contributed by atoms with van der Waals surface area (Å²) in [5.74, 6) is 0. The fourth-order valence-electron chi connectivity index (χ4n) is 1.61. The molecule has 0 bridgehead atoms. The lowest BCUT2D eigenvalue weighted by molar-refractivity contribution is -0.137. The van der Waals surface area contributed by atoms with E-state index in [0.29, 0.717) is 5.69 Å². The number of halogens is 4. The Morgan fingerprint density at radius 3 is 2.26 bits per heavy atom. The van der Waals surface area contributed by atoms with Crippen LogP contribution >= 0.6 is 11.6 Å². The van der Waals surface area contributed by atoms with Crippen molar-refractivity contribution in [2.24, 2.45) is 4.99 Å². The first-order chi connectivity index (χ1) is 8.98. The molecule has 0 aliphatic carbocycles. The molecule has 2 aromatic rings. The van der Waals surface area contributed by atoms with Crippen LogP contribution in [0.25, 0.3) is 0 Å². The molecule has 0 radical (unpaired) electrons. The summed E-state index contributed by atoms with van der Waals surface area (Å²) in [4.78, 5) is 4.01. The number of para-hydroxylation sites is 1. The Hall–Kier alpha value is -1.81. The van der Waals surface area contributed by atoms with Crippen LogP contribution < -0.4 is 0 Å². The van der Waals surface area contributed by atoms with Gasteiger partial charge in [0.25, 0.3) is 0 Å². The van der Waals surface area contributed by atoms with Crippen molar-refractivity contribution in [3.05, 3.63) is 64.7 Å². The fraction of sp³-hybridized carbons (Fsp3) is 0.0714. The van der Waals surface area contributed by atoms with Crippen LogP contribution in [0.2, 0.25) is 5.02 Å². The number of alkyl halides is 3. The molecule has 0 spiro atoms. The smallest absolute Gasteiger partial charge is 0.256 e. The Morgan fingerprint density at radius 1 is 0.947 bits per heavy atom. The molecule has 0 atom stereocenters. The van der Waals surface area contributed by atoms with E-state index in [9.17, 15) is 13.2 Å². The molecule has 5 heteroatoms. The molecule has 0 fully saturated rings. The third-order valence-corrected chi connectivity index (χ3v) is 2.75. The molecule has 1 nitrogen and oxygen atoms in total. The molecule has 0 aliphatic rings. The van der Waals surface area contributed by atoms with Gasteiger partial charge in [0, 0.05) is 11.8 Å². The number of hydrogen-bond acceptors (Lipinski definition) is 1. The lowest BCUT2D eigenvalue weighted by Gasteiger charge is -2.11. The van der Waals surface area contributed by atoms with Gasteiger partial charge >= 0.3 is 6.18 Å². The molecule has 2 rings (SSSR count). The Kier molecular flexibility index (Phi) is 3.90. The average molecular weight is 284 g/mol. The highest BCUT2D eigenvalue weighted by Crippen LogP contribution is 2.36. The molecule has 0 amide bonds. The summed E-state index contributed by atoms with van der Waals surface area (Å²) in [5, 5.41) is -0.329. The monoisotopic (exact) mass is 283 g/mol. The van der Waals surface area contributed by atoms with Crippen LogP contribution in [-0.2, 0) is 6.18 Å². The third kappa shape index (κ3) is 3.35. The molecule has 0 saturated carbocycles. The highest BCUT2D eigenvalue weighted by Gasteiger charge is 2.35. The minimum absolute atomic E-state index is 0.0520. The second-order valence-corrected chi connectivity index (χ2v) is 4.20. The van der Waals surface area contributed by atoms with Crippen LogP contribution in [0.3, 0.4) is 0 Å². The van der Waals surface area contributed by atoms with Crippen molar-refractivity contribution in [1.82, 2.24) is 0 Å². The van der Waals surface area contributed by atoms with Crippen molar-refractivity contribution >= 4 is 23.5 Å². The summed E-state index contributed by atoms with van der Waals surface area (Å²) in [7, 11) is 0. The SMILES string of the molecule is FC(F)(F)c1c(Cl)cccc1/C=N\c1ccccc1. The summed E-state index contributed by atoms with van der Waals surface area (Å²) in [5.41, 5.74) is -0.337. The second kappa shape index (κ2) is 5.45. The van der Waals surface area contributed by atoms with Crippen molar-refractivity contribution in [2.75, 3.05) is 0 Å². The standard InChI is InChI=1S/C14H9ClF3N/c15-12-8-4-5-10(13(12)14(16,17)18)9-19-11-6-2-1-3-7-11/h1-9H/b19-9-. The quantitative estimate of drug-likeness (QED) is 0.679. The first-order valence-electron chi connectivity index (χ1n) is 5.43. The molecule has 0 N–H and O–H groups in total. The summed E-state index contributed by atoms with van der Waals surface area (Å²) in [6.07, 6.45) is -3.33. The first-order valence-corrected chi connectivity index (χ1v) is 5.81. The first kappa shape index (κ1) is 13.6. The highest BCUT2D eigenvalue weighted by molar-refractivity contribution is 6.31. The predicted molar refractivity (Wildman–Crippen MR) is 70.2 cm³/mol. The number of nitrogens with zero attached hydrogens (tertiary/aromatic N) is 1. The van der Waals surface area contributed by atoms with Gasteiger partial charge in [-0.1, -0.05) is 41.9 Å². The van der Waals surface area contributed by atoms with Crippen LogP contribution in [0.5, 0.6) is 0 Å². The largest absolute Gasteiger partial charge is 0.418 e. The van der Waals surface area contributed by atoms with E-state index < -0.39 is 11.7 Å². The lowest BCUT2D eigenvalue weighted by Crippen LogP contribution is -2.09. The Balaban J connectivity index is 2.41. The zero-order valence-electron chi connectivity index (χ0n) is 9.66. The van der Waals surface area contributed by atoms with Gasteiger partial charge in [-0.05, 0) is 18.2 Å². The van der Waals surface area contributed by atoms with Gasteiger partial charge in [-0.2, -0.15) is 13.2 Å². The maximum absolute atomic E-state index is 12.9. The summed E-state index contributed by atoms with van der Waals surface area (Å²) < 4.78 is 38.7. The van der Waals surface area contributed by atoms with Gasteiger partial charge in [0.2, 0.25) is 0 Å². The molecule has 0 unspecified atom stereocenters. The number of benzene rings is 2. The number of rotatable bonds is 2. The molecule has 0 aliphatic heterocycles. The second-order valence-electron chi connectivity index (χ2n) is 3.80. The highest BCUT2D eigenvalue weighted by atomic mass is 35.5. The summed E-state index contributed by atoms with van der Waals surface area (Å²) in [6.45, 7) is 0. The number of aliphatic imine (C=N–C) groups is 1. The topological polar surface area (TPSA) is 12.4 Å². The van der Waals surface area contributed by atoms with Gasteiger partial charge in [-0.3, -0.25) is 4.99 Å². The van der Waals surface area contributed by atoms with Gasteiger partial charge in [-0.15, -0.1) is 0 Å². The average Bonchev–Trinajstić information content (AvgIpc) is 2.36. The van der Waals surface area contributed by atoms with E-state index in [2.05, 4.69) is 4.99 Å². The zero-order chi connectivity index (χ0) is 13.9. The van der Waals surface area contributed by atoms with Crippen molar-refractivity contribution in [1.29, 1.82) is 0 Å². The van der Waals surface area contributed by atoms with Crippen molar-refractivity contribution in [2.45, 2.75) is 6.18 Å². The Labute approximate surface area is 113 Å². The molecular formula is C14H9ClF3N. The van der Waals surface area contributed by atoms with E-state index in [0.717, 1.165) is 0 Å². The van der Waals surface area contributed by atoms with Crippen LogP contribution in [0.15, 0.2) is 53.5 Å². The molecule has 98 valence electrons. The third-order valence-electron chi connectivity index (χ3n) is 2.44. The molecular weight excluding hydrogens is 275 g/mol. The van der Waals surface area contributed by atoms with E-state index in [1.54, 1.807) is 30.3 Å². The summed E-state index contributed by atoms with van der Waals surface area (Å²) >= 11 is 5.61.